The van der Waals surface area contributed by atoms with E-state index in [1.165, 1.54) is 18.2 Å². The molecule has 0 aliphatic heterocycles. The van der Waals surface area contributed by atoms with Crippen LogP contribution >= 0.6 is 11.3 Å². The molecule has 0 fully saturated rings. The van der Waals surface area contributed by atoms with E-state index in [0.717, 1.165) is 10.7 Å². The Kier molecular flexibility index (Phi) is 4.01. The number of nitrogens with zero attached hydrogens (tertiary/aromatic N) is 1. The topological polar surface area (TPSA) is 82.5 Å². The van der Waals surface area contributed by atoms with Crippen molar-refractivity contribution in [2.75, 3.05) is 6.54 Å². The summed E-state index contributed by atoms with van der Waals surface area (Å²) in [6.45, 7) is 2.39. The number of benzene rings is 1. The highest BCUT2D eigenvalue weighted by atomic mass is 32.1. The maximum atomic E-state index is 11.8. The standard InChI is InChI=1S/C13H14N2O3S/c1-8-7-19-12(15-8)2-3-14-13(18)9-4-10(16)6-11(17)5-9/h4-7,16-17H,2-3H2,1H3,(H,14,18). The van der Waals surface area contributed by atoms with Gasteiger partial charge in [0, 0.05) is 35.7 Å². The Balaban J connectivity index is 1.90. The average molecular weight is 278 g/mol. The Morgan fingerprint density at radius 1 is 1.32 bits per heavy atom. The number of carbonyl (C=O) groups is 1. The number of hydrogen-bond donors (Lipinski definition) is 3. The minimum absolute atomic E-state index is 0.138. The molecule has 5 nitrogen and oxygen atoms in total. The minimum Gasteiger partial charge on any atom is -0.508 e. The second kappa shape index (κ2) is 5.71. The van der Waals surface area contributed by atoms with E-state index >= 15 is 0 Å². The summed E-state index contributed by atoms with van der Waals surface area (Å²) >= 11 is 1.56. The summed E-state index contributed by atoms with van der Waals surface area (Å²) in [5.41, 5.74) is 1.21. The van der Waals surface area contributed by atoms with Crippen LogP contribution in [0.5, 0.6) is 11.5 Å². The van der Waals surface area contributed by atoms with Gasteiger partial charge < -0.3 is 15.5 Å². The first kappa shape index (κ1) is 13.4. The van der Waals surface area contributed by atoms with Gasteiger partial charge in [-0.05, 0) is 19.1 Å². The van der Waals surface area contributed by atoms with Crippen LogP contribution in [0.2, 0.25) is 0 Å². The molecular formula is C13H14N2O3S. The second-order valence-corrected chi connectivity index (χ2v) is 5.07. The fourth-order valence-corrected chi connectivity index (χ4v) is 2.40. The number of hydrogen-bond acceptors (Lipinski definition) is 5. The predicted molar refractivity (Wildman–Crippen MR) is 72.7 cm³/mol. The Labute approximate surface area is 114 Å². The van der Waals surface area contributed by atoms with Crippen LogP contribution in [0.1, 0.15) is 21.1 Å². The van der Waals surface area contributed by atoms with E-state index < -0.39 is 0 Å². The van der Waals surface area contributed by atoms with Crippen LogP contribution in [0, 0.1) is 6.92 Å². The van der Waals surface area contributed by atoms with Gasteiger partial charge in [-0.15, -0.1) is 11.3 Å². The fourth-order valence-electron chi connectivity index (χ4n) is 1.63. The van der Waals surface area contributed by atoms with Crippen LogP contribution in [0.4, 0.5) is 0 Å². The van der Waals surface area contributed by atoms with E-state index in [-0.39, 0.29) is 23.0 Å². The molecule has 3 N–H and O–H groups in total. The first-order valence-electron chi connectivity index (χ1n) is 5.77. The highest BCUT2D eigenvalue weighted by Gasteiger charge is 2.08. The predicted octanol–water partition coefficient (Wildman–Crippen LogP) is 1.84. The lowest BCUT2D eigenvalue weighted by atomic mass is 10.2. The monoisotopic (exact) mass is 278 g/mol. The van der Waals surface area contributed by atoms with Crippen LogP contribution in [-0.4, -0.2) is 27.6 Å². The molecule has 1 heterocycles. The molecule has 1 aromatic carbocycles. The molecule has 0 saturated heterocycles. The number of phenols is 2. The summed E-state index contributed by atoms with van der Waals surface area (Å²) in [5.74, 6) is -0.610. The van der Waals surface area contributed by atoms with Crippen molar-refractivity contribution in [1.82, 2.24) is 10.3 Å². The zero-order chi connectivity index (χ0) is 13.8. The zero-order valence-corrected chi connectivity index (χ0v) is 11.2. The molecule has 100 valence electrons. The third-order valence-electron chi connectivity index (χ3n) is 2.46. The number of aromatic hydroxyl groups is 2. The van der Waals surface area contributed by atoms with Gasteiger partial charge in [0.1, 0.15) is 11.5 Å². The summed E-state index contributed by atoms with van der Waals surface area (Å²) in [4.78, 5) is 16.1. The van der Waals surface area contributed by atoms with Crippen molar-refractivity contribution in [1.29, 1.82) is 0 Å². The lowest BCUT2D eigenvalue weighted by Gasteiger charge is -2.05. The quantitative estimate of drug-likeness (QED) is 0.797. The molecule has 1 aromatic heterocycles. The number of carbonyl (C=O) groups excluding carboxylic acids is 1. The molecule has 2 rings (SSSR count). The summed E-state index contributed by atoms with van der Waals surface area (Å²) in [6.07, 6.45) is 0.662. The lowest BCUT2D eigenvalue weighted by molar-refractivity contribution is 0.0953. The maximum Gasteiger partial charge on any atom is 0.251 e. The molecular weight excluding hydrogens is 264 g/mol. The highest BCUT2D eigenvalue weighted by Crippen LogP contribution is 2.20. The zero-order valence-electron chi connectivity index (χ0n) is 10.4. The van der Waals surface area contributed by atoms with Crippen molar-refractivity contribution in [3.63, 3.8) is 0 Å². The van der Waals surface area contributed by atoms with Crippen molar-refractivity contribution in [3.05, 3.63) is 39.8 Å². The third kappa shape index (κ3) is 3.69. The molecule has 0 spiro atoms. The summed E-state index contributed by atoms with van der Waals surface area (Å²) < 4.78 is 0. The van der Waals surface area contributed by atoms with Crippen molar-refractivity contribution >= 4 is 17.2 Å². The van der Waals surface area contributed by atoms with Gasteiger partial charge in [0.25, 0.3) is 5.91 Å². The van der Waals surface area contributed by atoms with Gasteiger partial charge in [0.15, 0.2) is 0 Å². The summed E-state index contributed by atoms with van der Waals surface area (Å²) in [7, 11) is 0. The van der Waals surface area contributed by atoms with Crippen molar-refractivity contribution in [3.8, 4) is 11.5 Å². The first-order chi connectivity index (χ1) is 9.04. The average Bonchev–Trinajstić information content (AvgIpc) is 2.73. The second-order valence-electron chi connectivity index (χ2n) is 4.13. The largest absolute Gasteiger partial charge is 0.508 e. The van der Waals surface area contributed by atoms with Gasteiger partial charge in [-0.2, -0.15) is 0 Å². The summed E-state index contributed by atoms with van der Waals surface area (Å²) in [6, 6.07) is 3.79. The number of aryl methyl sites for hydroxylation is 1. The fraction of sp³-hybridized carbons (Fsp3) is 0.231. The number of phenolic OH excluding ortho intramolecular Hbond substituents is 2. The van der Waals surface area contributed by atoms with Crippen LogP contribution in [0.25, 0.3) is 0 Å². The molecule has 0 aliphatic rings. The van der Waals surface area contributed by atoms with Crippen LogP contribution < -0.4 is 5.32 Å². The summed E-state index contributed by atoms with van der Waals surface area (Å²) in [5, 5.41) is 24.2. The normalized spacial score (nSPS) is 10.4. The Morgan fingerprint density at radius 2 is 2.00 bits per heavy atom. The minimum atomic E-state index is -0.334. The number of aromatic nitrogens is 1. The van der Waals surface area contributed by atoms with E-state index in [9.17, 15) is 15.0 Å². The molecule has 19 heavy (non-hydrogen) atoms. The SMILES string of the molecule is Cc1csc(CCNC(=O)c2cc(O)cc(O)c2)n1. The van der Waals surface area contributed by atoms with Gasteiger partial charge in [0.2, 0.25) is 0 Å². The van der Waals surface area contributed by atoms with E-state index in [4.69, 9.17) is 0 Å². The molecule has 0 saturated carbocycles. The van der Waals surface area contributed by atoms with E-state index in [2.05, 4.69) is 10.3 Å². The van der Waals surface area contributed by atoms with Crippen molar-refractivity contribution in [2.45, 2.75) is 13.3 Å². The Hall–Kier alpha value is -2.08. The molecule has 0 aliphatic carbocycles. The smallest absolute Gasteiger partial charge is 0.251 e. The number of rotatable bonds is 4. The molecule has 0 bridgehead atoms. The van der Waals surface area contributed by atoms with E-state index in [0.29, 0.717) is 13.0 Å². The number of amides is 1. The van der Waals surface area contributed by atoms with Crippen molar-refractivity contribution < 1.29 is 15.0 Å². The van der Waals surface area contributed by atoms with Crippen LogP contribution in [-0.2, 0) is 6.42 Å². The van der Waals surface area contributed by atoms with Crippen molar-refractivity contribution in [2.24, 2.45) is 0 Å². The molecule has 0 unspecified atom stereocenters. The van der Waals surface area contributed by atoms with Gasteiger partial charge in [0.05, 0.1) is 5.01 Å². The highest BCUT2D eigenvalue weighted by molar-refractivity contribution is 7.09. The number of thiazole rings is 1. The number of nitrogens with one attached hydrogen (secondary N) is 1. The third-order valence-corrected chi connectivity index (χ3v) is 3.48. The molecule has 2 aromatic rings. The van der Waals surface area contributed by atoms with E-state index in [1.54, 1.807) is 11.3 Å². The lowest BCUT2D eigenvalue weighted by Crippen LogP contribution is -2.25. The molecule has 1 amide bonds. The van der Waals surface area contributed by atoms with Gasteiger partial charge >= 0.3 is 0 Å². The maximum absolute atomic E-state index is 11.8. The molecule has 0 atom stereocenters. The molecule has 6 heteroatoms. The Bertz CT molecular complexity index is 575. The van der Waals surface area contributed by atoms with Crippen LogP contribution in [0.3, 0.4) is 0 Å². The van der Waals surface area contributed by atoms with Gasteiger partial charge in [-0.25, -0.2) is 4.98 Å². The van der Waals surface area contributed by atoms with E-state index in [1.807, 2.05) is 12.3 Å². The first-order valence-corrected chi connectivity index (χ1v) is 6.65. The van der Waals surface area contributed by atoms with Crippen LogP contribution in [0.15, 0.2) is 23.6 Å². The van der Waals surface area contributed by atoms with Gasteiger partial charge in [-0.3, -0.25) is 4.79 Å². The molecule has 0 radical (unpaired) electrons. The Morgan fingerprint density at radius 3 is 2.58 bits per heavy atom. The van der Waals surface area contributed by atoms with Gasteiger partial charge in [-0.1, -0.05) is 0 Å².